The Labute approximate surface area is 172 Å². The molecule has 0 saturated carbocycles. The highest BCUT2D eigenvalue weighted by Crippen LogP contribution is 2.33. The van der Waals surface area contributed by atoms with Crippen molar-refractivity contribution in [2.24, 2.45) is 5.92 Å². The molecule has 1 aliphatic rings. The fraction of sp³-hybridized carbons (Fsp3) is 0.333. The fourth-order valence-electron chi connectivity index (χ4n) is 3.56. The third-order valence-corrected chi connectivity index (χ3v) is 6.15. The quantitative estimate of drug-likeness (QED) is 0.673. The van der Waals surface area contributed by atoms with Crippen LogP contribution in [0.15, 0.2) is 36.4 Å². The highest BCUT2D eigenvalue weighted by Gasteiger charge is 2.28. The lowest BCUT2D eigenvalue weighted by Gasteiger charge is -2.31. The Morgan fingerprint density at radius 1 is 1.24 bits per heavy atom. The minimum atomic E-state index is -0.315. The average molecular weight is 415 g/mol. The number of hydrogen-bond acceptors (Lipinski definition) is 6. The van der Waals surface area contributed by atoms with Crippen LogP contribution >= 0.6 is 11.3 Å². The van der Waals surface area contributed by atoms with Crippen LogP contribution in [-0.4, -0.2) is 38.2 Å². The molecule has 1 saturated heterocycles. The van der Waals surface area contributed by atoms with Gasteiger partial charge in [0.25, 0.3) is 0 Å². The van der Waals surface area contributed by atoms with E-state index in [0.29, 0.717) is 29.2 Å². The number of aromatic nitrogens is 1. The lowest BCUT2D eigenvalue weighted by molar-refractivity contribution is -0.120. The van der Waals surface area contributed by atoms with Crippen LogP contribution in [0.5, 0.6) is 11.5 Å². The van der Waals surface area contributed by atoms with E-state index in [4.69, 9.17) is 9.47 Å². The number of fused-ring (bicyclic) bond motifs is 1. The lowest BCUT2D eigenvalue weighted by Crippen LogP contribution is -2.40. The van der Waals surface area contributed by atoms with E-state index >= 15 is 0 Å². The molecule has 1 fully saturated rings. The van der Waals surface area contributed by atoms with E-state index in [1.54, 1.807) is 38.5 Å². The van der Waals surface area contributed by atoms with Gasteiger partial charge < -0.3 is 19.7 Å². The van der Waals surface area contributed by atoms with Crippen LogP contribution in [-0.2, 0) is 4.79 Å². The maximum absolute atomic E-state index is 14.0. The first kappa shape index (κ1) is 19.4. The molecule has 0 radical (unpaired) electrons. The van der Waals surface area contributed by atoms with Crippen molar-refractivity contribution in [1.29, 1.82) is 0 Å². The molecular weight excluding hydrogens is 393 g/mol. The van der Waals surface area contributed by atoms with Gasteiger partial charge in [0.05, 0.1) is 24.8 Å². The van der Waals surface area contributed by atoms with Gasteiger partial charge in [-0.3, -0.25) is 4.79 Å². The second kappa shape index (κ2) is 8.24. The second-order valence-electron chi connectivity index (χ2n) is 6.93. The van der Waals surface area contributed by atoms with Gasteiger partial charge in [-0.2, -0.15) is 0 Å². The standard InChI is InChI=1S/C21H22FN3O3S/c1-27-16-9-8-14(11-17(16)28-2)23-20(26)13-5-4-10-25(12-13)21-24-19-15(22)6-3-7-18(19)29-21/h3,6-9,11,13H,4-5,10,12H2,1-2H3,(H,23,26). The molecule has 1 N–H and O–H groups in total. The molecule has 1 unspecified atom stereocenters. The maximum Gasteiger partial charge on any atom is 0.229 e. The third kappa shape index (κ3) is 3.98. The first-order chi connectivity index (χ1) is 14.1. The summed E-state index contributed by atoms with van der Waals surface area (Å²) in [6, 6.07) is 10.3. The summed E-state index contributed by atoms with van der Waals surface area (Å²) in [5, 5.41) is 3.73. The third-order valence-electron chi connectivity index (χ3n) is 5.07. The number of benzene rings is 2. The number of nitrogens with one attached hydrogen (secondary N) is 1. The van der Waals surface area contributed by atoms with E-state index < -0.39 is 0 Å². The zero-order valence-corrected chi connectivity index (χ0v) is 17.1. The summed E-state index contributed by atoms with van der Waals surface area (Å²) in [6.07, 6.45) is 1.68. The molecule has 1 atom stereocenters. The number of carbonyl (C=O) groups is 1. The van der Waals surface area contributed by atoms with Gasteiger partial charge in [-0.25, -0.2) is 9.37 Å². The molecule has 8 heteroatoms. The first-order valence-electron chi connectivity index (χ1n) is 9.42. The molecule has 1 amide bonds. The fourth-order valence-corrected chi connectivity index (χ4v) is 4.58. The minimum Gasteiger partial charge on any atom is -0.493 e. The molecule has 3 aromatic rings. The summed E-state index contributed by atoms with van der Waals surface area (Å²) in [6.45, 7) is 1.36. The molecule has 0 aliphatic carbocycles. The number of para-hydroxylation sites is 1. The summed E-state index contributed by atoms with van der Waals surface area (Å²) in [5.41, 5.74) is 1.05. The van der Waals surface area contributed by atoms with Gasteiger partial charge in [0, 0.05) is 24.8 Å². The summed E-state index contributed by atoms with van der Waals surface area (Å²) in [4.78, 5) is 19.4. The summed E-state index contributed by atoms with van der Waals surface area (Å²) in [7, 11) is 3.13. The number of halogens is 1. The van der Waals surface area contributed by atoms with Crippen molar-refractivity contribution in [1.82, 2.24) is 4.98 Å². The Morgan fingerprint density at radius 3 is 2.83 bits per heavy atom. The van der Waals surface area contributed by atoms with Crippen LogP contribution in [0.25, 0.3) is 10.2 Å². The zero-order valence-electron chi connectivity index (χ0n) is 16.3. The van der Waals surface area contributed by atoms with E-state index in [-0.39, 0.29) is 17.6 Å². The van der Waals surface area contributed by atoms with Crippen LogP contribution in [0.2, 0.25) is 0 Å². The Kier molecular flexibility index (Phi) is 5.53. The Morgan fingerprint density at radius 2 is 2.07 bits per heavy atom. The number of carbonyl (C=O) groups excluding carboxylic acids is 1. The van der Waals surface area contributed by atoms with Crippen molar-refractivity contribution in [3.8, 4) is 11.5 Å². The zero-order chi connectivity index (χ0) is 20.4. The van der Waals surface area contributed by atoms with E-state index in [0.717, 1.165) is 29.2 Å². The van der Waals surface area contributed by atoms with Crippen LogP contribution in [0, 0.1) is 11.7 Å². The van der Waals surface area contributed by atoms with Gasteiger partial charge in [0.2, 0.25) is 5.91 Å². The SMILES string of the molecule is COc1ccc(NC(=O)C2CCCN(c3nc4c(F)cccc4s3)C2)cc1OC. The van der Waals surface area contributed by atoms with Gasteiger partial charge in [-0.1, -0.05) is 17.4 Å². The molecule has 4 rings (SSSR count). The molecule has 0 bridgehead atoms. The average Bonchev–Trinajstić information content (AvgIpc) is 3.19. The van der Waals surface area contributed by atoms with Crippen molar-refractivity contribution in [3.05, 3.63) is 42.2 Å². The number of thiazole rings is 1. The van der Waals surface area contributed by atoms with E-state index in [1.165, 1.54) is 17.4 Å². The summed E-state index contributed by atoms with van der Waals surface area (Å²) >= 11 is 1.46. The Balaban J connectivity index is 1.47. The Hall–Kier alpha value is -2.87. The molecule has 0 spiro atoms. The number of piperidine rings is 1. The highest BCUT2D eigenvalue weighted by atomic mass is 32.1. The van der Waals surface area contributed by atoms with E-state index in [9.17, 15) is 9.18 Å². The van der Waals surface area contributed by atoms with Gasteiger partial charge >= 0.3 is 0 Å². The van der Waals surface area contributed by atoms with Crippen LogP contribution in [0.3, 0.4) is 0 Å². The minimum absolute atomic E-state index is 0.0470. The smallest absolute Gasteiger partial charge is 0.229 e. The normalized spacial score (nSPS) is 16.7. The molecule has 29 heavy (non-hydrogen) atoms. The summed E-state index contributed by atoms with van der Waals surface area (Å²) in [5.74, 6) is 0.636. The molecule has 1 aliphatic heterocycles. The number of rotatable bonds is 5. The highest BCUT2D eigenvalue weighted by molar-refractivity contribution is 7.22. The van der Waals surface area contributed by atoms with Gasteiger partial charge in [-0.15, -0.1) is 0 Å². The molecule has 2 heterocycles. The molecule has 152 valence electrons. The largest absolute Gasteiger partial charge is 0.493 e. The number of nitrogens with zero attached hydrogens (tertiary/aromatic N) is 2. The van der Waals surface area contributed by atoms with Gasteiger partial charge in [0.1, 0.15) is 11.3 Å². The number of amides is 1. The van der Waals surface area contributed by atoms with E-state index in [1.807, 2.05) is 6.07 Å². The molecule has 1 aromatic heterocycles. The Bertz CT molecular complexity index is 1040. The van der Waals surface area contributed by atoms with Crippen molar-refractivity contribution in [2.75, 3.05) is 37.5 Å². The first-order valence-corrected chi connectivity index (χ1v) is 10.2. The van der Waals surface area contributed by atoms with Crippen LogP contribution < -0.4 is 19.7 Å². The number of methoxy groups -OCH3 is 2. The molecule has 2 aromatic carbocycles. The van der Waals surface area contributed by atoms with Crippen molar-refractivity contribution < 1.29 is 18.7 Å². The number of ether oxygens (including phenoxy) is 2. The van der Waals surface area contributed by atoms with Crippen LogP contribution in [0.1, 0.15) is 12.8 Å². The number of anilines is 2. The number of hydrogen-bond donors (Lipinski definition) is 1. The van der Waals surface area contributed by atoms with Gasteiger partial charge in [0.15, 0.2) is 16.6 Å². The molecular formula is C21H22FN3O3S. The molecule has 6 nitrogen and oxygen atoms in total. The van der Waals surface area contributed by atoms with Crippen molar-refractivity contribution in [2.45, 2.75) is 12.8 Å². The van der Waals surface area contributed by atoms with Gasteiger partial charge in [-0.05, 0) is 37.1 Å². The summed E-state index contributed by atoms with van der Waals surface area (Å²) < 4.78 is 25.3. The predicted octanol–water partition coefficient (Wildman–Crippen LogP) is 4.31. The van der Waals surface area contributed by atoms with Crippen LogP contribution in [0.4, 0.5) is 15.2 Å². The van der Waals surface area contributed by atoms with E-state index in [2.05, 4.69) is 15.2 Å². The van der Waals surface area contributed by atoms with Crippen molar-refractivity contribution >= 4 is 38.3 Å². The topological polar surface area (TPSA) is 63.7 Å². The lowest BCUT2D eigenvalue weighted by atomic mass is 9.97. The van der Waals surface area contributed by atoms with Crippen molar-refractivity contribution in [3.63, 3.8) is 0 Å². The predicted molar refractivity (Wildman–Crippen MR) is 113 cm³/mol. The second-order valence-corrected chi connectivity index (χ2v) is 7.94. The monoisotopic (exact) mass is 415 g/mol. The maximum atomic E-state index is 14.0.